The average Bonchev–Trinajstić information content (AvgIpc) is 3.03. The van der Waals surface area contributed by atoms with E-state index in [2.05, 4.69) is 10.1 Å². The van der Waals surface area contributed by atoms with Crippen molar-refractivity contribution in [3.63, 3.8) is 0 Å². The van der Waals surface area contributed by atoms with Gasteiger partial charge in [-0.1, -0.05) is 23.7 Å². The number of halogens is 1. The Morgan fingerprint density at radius 1 is 1.33 bits per heavy atom. The molecule has 0 aliphatic carbocycles. The molecular weight excluding hydrogens is 388 g/mol. The SMILES string of the molecule is CC1c2cccc(S(C)(=O)=O)c2CCN1C(=O)c1cc2ncc(Cl)cn2n1. The fourth-order valence-electron chi connectivity index (χ4n) is 3.57. The lowest BCUT2D eigenvalue weighted by molar-refractivity contribution is 0.0670. The van der Waals surface area contributed by atoms with E-state index in [0.717, 1.165) is 11.1 Å². The van der Waals surface area contributed by atoms with Crippen molar-refractivity contribution in [1.29, 1.82) is 0 Å². The van der Waals surface area contributed by atoms with E-state index >= 15 is 0 Å². The molecule has 0 saturated carbocycles. The third-order valence-electron chi connectivity index (χ3n) is 4.85. The van der Waals surface area contributed by atoms with E-state index in [1.54, 1.807) is 29.3 Å². The molecule has 1 atom stereocenters. The Balaban J connectivity index is 1.71. The zero-order valence-corrected chi connectivity index (χ0v) is 16.3. The maximum atomic E-state index is 13.0. The van der Waals surface area contributed by atoms with Crippen LogP contribution in [0.2, 0.25) is 5.02 Å². The zero-order valence-electron chi connectivity index (χ0n) is 14.8. The number of hydrogen-bond acceptors (Lipinski definition) is 5. The predicted octanol–water partition coefficient (Wildman–Crippen LogP) is 2.55. The molecule has 0 spiro atoms. The number of benzene rings is 1. The molecule has 0 fully saturated rings. The van der Waals surface area contributed by atoms with Crippen molar-refractivity contribution in [2.24, 2.45) is 0 Å². The first-order chi connectivity index (χ1) is 12.8. The maximum Gasteiger partial charge on any atom is 0.274 e. The number of carbonyl (C=O) groups excluding carboxylic acids is 1. The molecule has 1 amide bonds. The highest BCUT2D eigenvalue weighted by atomic mass is 35.5. The molecule has 2 aromatic heterocycles. The van der Waals surface area contributed by atoms with E-state index in [0.29, 0.717) is 28.5 Å². The van der Waals surface area contributed by atoms with E-state index in [9.17, 15) is 13.2 Å². The van der Waals surface area contributed by atoms with Crippen LogP contribution in [-0.2, 0) is 16.3 Å². The first-order valence-electron chi connectivity index (χ1n) is 8.39. The van der Waals surface area contributed by atoms with Gasteiger partial charge in [0, 0.05) is 25.1 Å². The van der Waals surface area contributed by atoms with Crippen LogP contribution < -0.4 is 0 Å². The van der Waals surface area contributed by atoms with Gasteiger partial charge in [0.25, 0.3) is 5.91 Å². The Labute approximate surface area is 161 Å². The molecule has 1 unspecified atom stereocenters. The Hall–Kier alpha value is -2.45. The van der Waals surface area contributed by atoms with Crippen LogP contribution in [0.1, 0.15) is 34.6 Å². The summed E-state index contributed by atoms with van der Waals surface area (Å²) in [6, 6.07) is 6.57. The van der Waals surface area contributed by atoms with Crippen molar-refractivity contribution in [1.82, 2.24) is 19.5 Å². The highest BCUT2D eigenvalue weighted by molar-refractivity contribution is 7.90. The third kappa shape index (κ3) is 3.08. The number of rotatable bonds is 2. The van der Waals surface area contributed by atoms with Gasteiger partial charge in [-0.15, -0.1) is 0 Å². The van der Waals surface area contributed by atoms with E-state index in [-0.39, 0.29) is 17.6 Å². The number of amides is 1. The first-order valence-corrected chi connectivity index (χ1v) is 10.7. The van der Waals surface area contributed by atoms with Gasteiger partial charge in [-0.05, 0) is 30.5 Å². The monoisotopic (exact) mass is 404 g/mol. The molecule has 0 N–H and O–H groups in total. The van der Waals surface area contributed by atoms with Gasteiger partial charge in [-0.3, -0.25) is 4.79 Å². The van der Waals surface area contributed by atoms with Crippen molar-refractivity contribution in [2.45, 2.75) is 24.3 Å². The number of hydrogen-bond donors (Lipinski definition) is 0. The Bertz CT molecular complexity index is 1170. The molecule has 1 aliphatic rings. The maximum absolute atomic E-state index is 13.0. The van der Waals surface area contributed by atoms with Gasteiger partial charge in [0.2, 0.25) is 0 Å². The molecule has 0 saturated heterocycles. The highest BCUT2D eigenvalue weighted by Gasteiger charge is 2.32. The van der Waals surface area contributed by atoms with E-state index in [1.807, 2.05) is 13.0 Å². The topological polar surface area (TPSA) is 84.6 Å². The minimum Gasteiger partial charge on any atom is -0.330 e. The van der Waals surface area contributed by atoms with Gasteiger partial charge in [0.15, 0.2) is 21.2 Å². The van der Waals surface area contributed by atoms with E-state index in [1.165, 1.54) is 17.0 Å². The molecule has 4 rings (SSSR count). The fourth-order valence-corrected chi connectivity index (χ4v) is 4.70. The van der Waals surface area contributed by atoms with Gasteiger partial charge in [-0.2, -0.15) is 5.10 Å². The summed E-state index contributed by atoms with van der Waals surface area (Å²) in [5.41, 5.74) is 2.45. The lowest BCUT2D eigenvalue weighted by atomic mass is 9.93. The Kier molecular flexibility index (Phi) is 4.20. The lowest BCUT2D eigenvalue weighted by Crippen LogP contribution is -2.39. The summed E-state index contributed by atoms with van der Waals surface area (Å²) < 4.78 is 25.6. The number of nitrogens with zero attached hydrogens (tertiary/aromatic N) is 4. The second-order valence-corrected chi connectivity index (χ2v) is 9.05. The van der Waals surface area contributed by atoms with Gasteiger partial charge in [0.05, 0.1) is 22.2 Å². The van der Waals surface area contributed by atoms with Crippen LogP contribution in [0.5, 0.6) is 0 Å². The standard InChI is InChI=1S/C18H17ClN4O3S/c1-11-13-4-3-5-16(27(2,25)26)14(13)6-7-22(11)18(24)15-8-17-20-9-12(19)10-23(17)21-15/h3-5,8-11H,6-7H2,1-2H3. The third-order valence-corrected chi connectivity index (χ3v) is 6.23. The molecule has 0 radical (unpaired) electrons. The molecule has 1 aliphatic heterocycles. The molecule has 27 heavy (non-hydrogen) atoms. The summed E-state index contributed by atoms with van der Waals surface area (Å²) in [5.74, 6) is -0.223. The van der Waals surface area contributed by atoms with Crippen molar-refractivity contribution in [3.05, 3.63) is 58.5 Å². The molecule has 3 aromatic rings. The van der Waals surface area contributed by atoms with Crippen molar-refractivity contribution < 1.29 is 13.2 Å². The summed E-state index contributed by atoms with van der Waals surface area (Å²) in [5, 5.41) is 4.71. The van der Waals surface area contributed by atoms with Crippen LogP contribution in [0.3, 0.4) is 0 Å². The van der Waals surface area contributed by atoms with Crippen molar-refractivity contribution in [3.8, 4) is 0 Å². The van der Waals surface area contributed by atoms with Gasteiger partial charge in [-0.25, -0.2) is 17.9 Å². The second kappa shape index (κ2) is 6.31. The summed E-state index contributed by atoms with van der Waals surface area (Å²) in [4.78, 5) is 19.2. The van der Waals surface area contributed by atoms with Gasteiger partial charge >= 0.3 is 0 Å². The minimum absolute atomic E-state index is 0.223. The predicted molar refractivity (Wildman–Crippen MR) is 101 cm³/mol. The van der Waals surface area contributed by atoms with Crippen molar-refractivity contribution >= 4 is 33.0 Å². The molecule has 7 nitrogen and oxygen atoms in total. The van der Waals surface area contributed by atoms with Crippen molar-refractivity contribution in [2.75, 3.05) is 12.8 Å². The number of sulfone groups is 1. The number of carbonyl (C=O) groups is 1. The first kappa shape index (κ1) is 17.9. The van der Waals surface area contributed by atoms with E-state index < -0.39 is 9.84 Å². The fraction of sp³-hybridized carbons (Fsp3) is 0.278. The summed E-state index contributed by atoms with van der Waals surface area (Å²) in [6.07, 6.45) is 4.78. The van der Waals surface area contributed by atoms with Crippen LogP contribution in [-0.4, -0.2) is 46.6 Å². The number of fused-ring (bicyclic) bond motifs is 2. The van der Waals surface area contributed by atoms with Gasteiger partial charge in [0.1, 0.15) is 0 Å². The molecule has 1 aromatic carbocycles. The van der Waals surface area contributed by atoms with Crippen LogP contribution in [0, 0.1) is 0 Å². The zero-order chi connectivity index (χ0) is 19.3. The Morgan fingerprint density at radius 2 is 2.11 bits per heavy atom. The Morgan fingerprint density at radius 3 is 2.85 bits per heavy atom. The average molecular weight is 405 g/mol. The lowest BCUT2D eigenvalue weighted by Gasteiger charge is -2.35. The van der Waals surface area contributed by atoms with Crippen LogP contribution >= 0.6 is 11.6 Å². The second-order valence-electron chi connectivity index (χ2n) is 6.63. The quantitative estimate of drug-likeness (QED) is 0.655. The molecular formula is C18H17ClN4O3S. The van der Waals surface area contributed by atoms with Crippen LogP contribution in [0.25, 0.3) is 5.65 Å². The minimum atomic E-state index is -3.32. The van der Waals surface area contributed by atoms with E-state index in [4.69, 9.17) is 11.6 Å². The van der Waals surface area contributed by atoms with Gasteiger partial charge < -0.3 is 4.90 Å². The van der Waals surface area contributed by atoms with Crippen LogP contribution in [0.4, 0.5) is 0 Å². The summed E-state index contributed by atoms with van der Waals surface area (Å²) >= 11 is 5.92. The molecule has 3 heterocycles. The summed E-state index contributed by atoms with van der Waals surface area (Å²) in [6.45, 7) is 2.31. The highest BCUT2D eigenvalue weighted by Crippen LogP contribution is 2.34. The molecule has 0 bridgehead atoms. The number of aromatic nitrogens is 3. The normalized spacial score (nSPS) is 17.1. The van der Waals surface area contributed by atoms with Crippen LogP contribution in [0.15, 0.2) is 41.6 Å². The summed E-state index contributed by atoms with van der Waals surface area (Å²) in [7, 11) is -3.32. The molecule has 9 heteroatoms. The smallest absolute Gasteiger partial charge is 0.274 e. The largest absolute Gasteiger partial charge is 0.330 e. The molecule has 140 valence electrons.